The molecule has 0 aliphatic heterocycles. The second kappa shape index (κ2) is 9.87. The summed E-state index contributed by atoms with van der Waals surface area (Å²) in [6, 6.07) is 0. The highest BCUT2D eigenvalue weighted by Crippen LogP contribution is 2.08. The summed E-state index contributed by atoms with van der Waals surface area (Å²) in [5.74, 6) is -3.86. The van der Waals surface area contributed by atoms with Gasteiger partial charge in [0.25, 0.3) is 0 Å². The Morgan fingerprint density at radius 1 is 1.00 bits per heavy atom. The van der Waals surface area contributed by atoms with Gasteiger partial charge in [0.05, 0.1) is 0 Å². The molecule has 98 valence electrons. The summed E-state index contributed by atoms with van der Waals surface area (Å²) in [5, 5.41) is 17.3. The van der Waals surface area contributed by atoms with Crippen LogP contribution >= 0.6 is 0 Å². The van der Waals surface area contributed by atoms with Crippen molar-refractivity contribution in [3.05, 3.63) is 12.2 Å². The van der Waals surface area contributed by atoms with Crippen LogP contribution in [-0.2, 0) is 9.59 Å². The molecule has 17 heavy (non-hydrogen) atoms. The molecule has 0 aromatic heterocycles. The number of aliphatic carboxylic acids is 2. The third kappa shape index (κ3) is 8.48. The molecule has 0 amide bonds. The molecule has 0 heterocycles. The van der Waals surface area contributed by atoms with E-state index in [2.05, 4.69) is 6.92 Å². The Labute approximate surface area is 102 Å². The highest BCUT2D eigenvalue weighted by Gasteiger charge is 2.23. The van der Waals surface area contributed by atoms with Crippen molar-refractivity contribution in [1.29, 1.82) is 0 Å². The van der Waals surface area contributed by atoms with Gasteiger partial charge in [0.15, 0.2) is 5.92 Å². The lowest BCUT2D eigenvalue weighted by Gasteiger charge is -2.02. The van der Waals surface area contributed by atoms with E-state index in [0.717, 1.165) is 12.8 Å². The van der Waals surface area contributed by atoms with Crippen molar-refractivity contribution in [2.45, 2.75) is 51.9 Å². The van der Waals surface area contributed by atoms with Crippen molar-refractivity contribution in [2.24, 2.45) is 5.92 Å². The summed E-state index contributed by atoms with van der Waals surface area (Å²) >= 11 is 0. The molecule has 0 spiro atoms. The minimum absolute atomic E-state index is 0.0691. The van der Waals surface area contributed by atoms with Crippen LogP contribution in [-0.4, -0.2) is 22.2 Å². The molecule has 0 atom stereocenters. The minimum Gasteiger partial charge on any atom is -0.481 e. The van der Waals surface area contributed by atoms with Crippen LogP contribution in [0.1, 0.15) is 51.9 Å². The molecular formula is C13H22O4. The number of rotatable bonds is 10. The van der Waals surface area contributed by atoms with Gasteiger partial charge in [0.1, 0.15) is 0 Å². The van der Waals surface area contributed by atoms with Gasteiger partial charge >= 0.3 is 11.9 Å². The Hall–Kier alpha value is -1.32. The summed E-state index contributed by atoms with van der Waals surface area (Å²) in [5.41, 5.74) is 0. The normalized spacial score (nSPS) is 11.2. The first kappa shape index (κ1) is 15.7. The zero-order valence-corrected chi connectivity index (χ0v) is 10.4. The van der Waals surface area contributed by atoms with Crippen molar-refractivity contribution in [1.82, 2.24) is 0 Å². The summed E-state index contributed by atoms with van der Waals surface area (Å²) in [4.78, 5) is 21.1. The maximum atomic E-state index is 10.6. The van der Waals surface area contributed by atoms with Crippen LogP contribution < -0.4 is 0 Å². The largest absolute Gasteiger partial charge is 0.481 e. The molecule has 4 heteroatoms. The van der Waals surface area contributed by atoms with Crippen molar-refractivity contribution >= 4 is 11.9 Å². The minimum atomic E-state index is -1.31. The molecule has 0 radical (unpaired) electrons. The van der Waals surface area contributed by atoms with Crippen LogP contribution in [0.3, 0.4) is 0 Å². The smallest absolute Gasteiger partial charge is 0.318 e. The fourth-order valence-corrected chi connectivity index (χ4v) is 1.52. The van der Waals surface area contributed by atoms with Crippen molar-refractivity contribution in [3.63, 3.8) is 0 Å². The number of carboxylic acids is 2. The van der Waals surface area contributed by atoms with Crippen molar-refractivity contribution < 1.29 is 19.8 Å². The Kier molecular flexibility index (Phi) is 9.11. The van der Waals surface area contributed by atoms with Gasteiger partial charge in [-0.15, -0.1) is 0 Å². The highest BCUT2D eigenvalue weighted by molar-refractivity contribution is 5.92. The van der Waals surface area contributed by atoms with E-state index in [-0.39, 0.29) is 6.42 Å². The second-order valence-electron chi connectivity index (χ2n) is 4.14. The predicted octanol–water partition coefficient (Wildman–Crippen LogP) is 3.08. The van der Waals surface area contributed by atoms with E-state index in [1.54, 1.807) is 6.08 Å². The van der Waals surface area contributed by atoms with Crippen LogP contribution in [0.5, 0.6) is 0 Å². The number of carboxylic acid groups (broad SMARTS) is 2. The van der Waals surface area contributed by atoms with Crippen LogP contribution in [0.2, 0.25) is 0 Å². The lowest BCUT2D eigenvalue weighted by atomic mass is 10.1. The number of hydrogen-bond acceptors (Lipinski definition) is 2. The van der Waals surface area contributed by atoms with Gasteiger partial charge in [-0.25, -0.2) is 0 Å². The number of hydrogen-bond donors (Lipinski definition) is 2. The molecule has 0 aromatic rings. The van der Waals surface area contributed by atoms with E-state index in [1.165, 1.54) is 25.7 Å². The summed E-state index contributed by atoms with van der Waals surface area (Å²) < 4.78 is 0. The van der Waals surface area contributed by atoms with E-state index < -0.39 is 17.9 Å². The first-order valence-corrected chi connectivity index (χ1v) is 6.20. The topological polar surface area (TPSA) is 74.6 Å². The second-order valence-corrected chi connectivity index (χ2v) is 4.14. The van der Waals surface area contributed by atoms with Gasteiger partial charge in [0.2, 0.25) is 0 Å². The van der Waals surface area contributed by atoms with Crippen LogP contribution in [0.15, 0.2) is 12.2 Å². The number of allylic oxidation sites excluding steroid dienone is 2. The molecule has 0 aliphatic carbocycles. The Bertz CT molecular complexity index is 244. The van der Waals surface area contributed by atoms with E-state index in [1.807, 2.05) is 6.08 Å². The molecule has 0 unspecified atom stereocenters. The molecule has 4 nitrogen and oxygen atoms in total. The number of carbonyl (C=O) groups is 2. The van der Waals surface area contributed by atoms with Gasteiger partial charge in [-0.3, -0.25) is 9.59 Å². The summed E-state index contributed by atoms with van der Waals surface area (Å²) in [6.07, 6.45) is 10.5. The Morgan fingerprint density at radius 3 is 2.12 bits per heavy atom. The Morgan fingerprint density at radius 2 is 1.59 bits per heavy atom. The monoisotopic (exact) mass is 242 g/mol. The third-order valence-electron chi connectivity index (χ3n) is 2.61. The fraction of sp³-hybridized carbons (Fsp3) is 0.692. The van der Waals surface area contributed by atoms with E-state index >= 15 is 0 Å². The van der Waals surface area contributed by atoms with E-state index in [0.29, 0.717) is 0 Å². The zero-order chi connectivity index (χ0) is 13.1. The quantitative estimate of drug-likeness (QED) is 0.351. The highest BCUT2D eigenvalue weighted by atomic mass is 16.4. The first-order chi connectivity index (χ1) is 8.09. The molecule has 0 aliphatic rings. The molecule has 0 rings (SSSR count). The van der Waals surface area contributed by atoms with Gasteiger partial charge in [-0.2, -0.15) is 0 Å². The van der Waals surface area contributed by atoms with Crippen LogP contribution in [0.25, 0.3) is 0 Å². The van der Waals surface area contributed by atoms with E-state index in [4.69, 9.17) is 10.2 Å². The van der Waals surface area contributed by atoms with Crippen LogP contribution in [0, 0.1) is 5.92 Å². The van der Waals surface area contributed by atoms with Gasteiger partial charge in [-0.05, 0) is 19.3 Å². The Balaban J connectivity index is 3.64. The van der Waals surface area contributed by atoms with E-state index in [9.17, 15) is 9.59 Å². The van der Waals surface area contributed by atoms with Crippen LogP contribution in [0.4, 0.5) is 0 Å². The molecular weight excluding hydrogens is 220 g/mol. The van der Waals surface area contributed by atoms with Gasteiger partial charge in [0, 0.05) is 0 Å². The standard InChI is InChI=1S/C13H22O4/c1-2-3-4-5-6-7-8-9-10-11(12(14)15)13(16)17/h8-9,11H,2-7,10H2,1H3,(H,14,15)(H,16,17)/b9-8+. The average Bonchev–Trinajstić information content (AvgIpc) is 2.26. The zero-order valence-electron chi connectivity index (χ0n) is 10.4. The fourth-order valence-electron chi connectivity index (χ4n) is 1.52. The van der Waals surface area contributed by atoms with Crippen molar-refractivity contribution in [3.8, 4) is 0 Å². The van der Waals surface area contributed by atoms with Gasteiger partial charge < -0.3 is 10.2 Å². The number of unbranched alkanes of at least 4 members (excludes halogenated alkanes) is 5. The first-order valence-electron chi connectivity index (χ1n) is 6.20. The average molecular weight is 242 g/mol. The lowest BCUT2D eigenvalue weighted by Crippen LogP contribution is -2.22. The van der Waals surface area contributed by atoms with Crippen molar-refractivity contribution in [2.75, 3.05) is 0 Å². The lowest BCUT2D eigenvalue weighted by molar-refractivity contribution is -0.154. The molecule has 0 aromatic carbocycles. The molecule has 0 saturated carbocycles. The third-order valence-corrected chi connectivity index (χ3v) is 2.61. The maximum absolute atomic E-state index is 10.6. The summed E-state index contributed by atoms with van der Waals surface area (Å²) in [7, 11) is 0. The summed E-state index contributed by atoms with van der Waals surface area (Å²) in [6.45, 7) is 2.16. The molecule has 2 N–H and O–H groups in total. The molecule has 0 saturated heterocycles. The SMILES string of the molecule is CCCCCCC/C=C/CC(C(=O)O)C(=O)O. The molecule has 0 bridgehead atoms. The molecule has 0 fully saturated rings. The van der Waals surface area contributed by atoms with Gasteiger partial charge in [-0.1, -0.05) is 44.8 Å². The maximum Gasteiger partial charge on any atom is 0.318 e. The predicted molar refractivity (Wildman–Crippen MR) is 65.9 cm³/mol.